The van der Waals surface area contributed by atoms with Gasteiger partial charge in [-0.1, -0.05) is 6.07 Å². The van der Waals surface area contributed by atoms with E-state index in [-0.39, 0.29) is 12.0 Å². The first kappa shape index (κ1) is 14.6. The fourth-order valence-electron chi connectivity index (χ4n) is 2.74. The Bertz CT molecular complexity index is 529. The first-order valence-electron chi connectivity index (χ1n) is 7.59. The Kier molecular flexibility index (Phi) is 4.41. The fraction of sp³-hybridized carbons (Fsp3) is 0.533. The van der Waals surface area contributed by atoms with Gasteiger partial charge in [0.2, 0.25) is 5.91 Å². The van der Waals surface area contributed by atoms with E-state index in [2.05, 4.69) is 9.88 Å². The molecular formula is C15H20N4O3. The summed E-state index contributed by atoms with van der Waals surface area (Å²) < 4.78 is 4.85. The van der Waals surface area contributed by atoms with E-state index in [4.69, 9.17) is 4.74 Å². The van der Waals surface area contributed by atoms with Crippen LogP contribution in [-0.2, 0) is 9.53 Å². The van der Waals surface area contributed by atoms with E-state index in [1.54, 1.807) is 11.1 Å². The minimum Gasteiger partial charge on any atom is -0.448 e. The van der Waals surface area contributed by atoms with Gasteiger partial charge >= 0.3 is 6.09 Å². The van der Waals surface area contributed by atoms with E-state index < -0.39 is 0 Å². The summed E-state index contributed by atoms with van der Waals surface area (Å²) in [6, 6.07) is 5.85. The van der Waals surface area contributed by atoms with Gasteiger partial charge in [-0.05, 0) is 12.1 Å². The topological polar surface area (TPSA) is 66.0 Å². The number of hydrogen-bond acceptors (Lipinski definition) is 5. The van der Waals surface area contributed by atoms with Crippen molar-refractivity contribution in [2.45, 2.75) is 6.42 Å². The summed E-state index contributed by atoms with van der Waals surface area (Å²) in [5, 5.41) is 0. The van der Waals surface area contributed by atoms with Crippen LogP contribution in [0.15, 0.2) is 24.4 Å². The number of nitrogens with zero attached hydrogens (tertiary/aromatic N) is 4. The summed E-state index contributed by atoms with van der Waals surface area (Å²) in [4.78, 5) is 33.5. The van der Waals surface area contributed by atoms with Crippen LogP contribution in [0.25, 0.3) is 0 Å². The molecular weight excluding hydrogens is 284 g/mol. The third-order valence-electron chi connectivity index (χ3n) is 4.05. The van der Waals surface area contributed by atoms with Crippen molar-refractivity contribution in [2.75, 3.05) is 50.8 Å². The Balaban J connectivity index is 1.45. The molecule has 3 heterocycles. The molecule has 7 nitrogen and oxygen atoms in total. The SMILES string of the molecule is O=C(CCN1CCOC1=O)N1CCN(c2ccccn2)CC1. The minimum atomic E-state index is -0.312. The van der Waals surface area contributed by atoms with Crippen LogP contribution in [0.4, 0.5) is 10.6 Å². The average Bonchev–Trinajstić information content (AvgIpc) is 2.99. The molecule has 0 saturated carbocycles. The maximum Gasteiger partial charge on any atom is 0.409 e. The molecule has 0 spiro atoms. The lowest BCUT2D eigenvalue weighted by Crippen LogP contribution is -2.49. The molecule has 0 unspecified atom stereocenters. The van der Waals surface area contributed by atoms with Gasteiger partial charge in [0.05, 0.1) is 6.54 Å². The van der Waals surface area contributed by atoms with Crippen LogP contribution in [0.5, 0.6) is 0 Å². The van der Waals surface area contributed by atoms with Crippen molar-refractivity contribution in [3.8, 4) is 0 Å². The molecule has 3 rings (SSSR count). The molecule has 0 N–H and O–H groups in total. The molecule has 2 amide bonds. The van der Waals surface area contributed by atoms with E-state index in [1.165, 1.54) is 0 Å². The van der Waals surface area contributed by atoms with Crippen LogP contribution >= 0.6 is 0 Å². The predicted octanol–water partition coefficient (Wildman–Crippen LogP) is 0.572. The van der Waals surface area contributed by atoms with Crippen molar-refractivity contribution < 1.29 is 14.3 Å². The first-order valence-corrected chi connectivity index (χ1v) is 7.59. The highest BCUT2D eigenvalue weighted by molar-refractivity contribution is 5.77. The Morgan fingerprint density at radius 1 is 1.18 bits per heavy atom. The number of carbonyl (C=O) groups is 2. The Labute approximate surface area is 129 Å². The second-order valence-electron chi connectivity index (χ2n) is 5.41. The largest absolute Gasteiger partial charge is 0.448 e. The normalized spacial score (nSPS) is 18.5. The molecule has 2 aliphatic heterocycles. The molecule has 22 heavy (non-hydrogen) atoms. The van der Waals surface area contributed by atoms with Crippen LogP contribution in [-0.4, -0.2) is 72.7 Å². The van der Waals surface area contributed by atoms with Crippen LogP contribution in [0, 0.1) is 0 Å². The van der Waals surface area contributed by atoms with Gasteiger partial charge in [-0.2, -0.15) is 0 Å². The molecule has 0 atom stereocenters. The van der Waals surface area contributed by atoms with E-state index in [1.807, 2.05) is 23.1 Å². The number of rotatable bonds is 4. The van der Waals surface area contributed by atoms with Crippen molar-refractivity contribution in [3.63, 3.8) is 0 Å². The monoisotopic (exact) mass is 304 g/mol. The van der Waals surface area contributed by atoms with Crippen LogP contribution < -0.4 is 4.90 Å². The summed E-state index contributed by atoms with van der Waals surface area (Å²) in [5.74, 6) is 1.05. The van der Waals surface area contributed by atoms with Crippen LogP contribution in [0.2, 0.25) is 0 Å². The summed E-state index contributed by atoms with van der Waals surface area (Å²) in [7, 11) is 0. The van der Waals surface area contributed by atoms with Crippen molar-refractivity contribution in [3.05, 3.63) is 24.4 Å². The molecule has 118 valence electrons. The van der Waals surface area contributed by atoms with Gasteiger partial charge in [0.15, 0.2) is 0 Å². The summed E-state index contributed by atoms with van der Waals surface area (Å²) in [6.07, 6.45) is 1.83. The molecule has 1 aromatic rings. The standard InChI is InChI=1S/C15H20N4O3/c20-14(4-6-19-11-12-22-15(19)21)18-9-7-17(8-10-18)13-3-1-2-5-16-13/h1-3,5H,4,6-12H2. The Morgan fingerprint density at radius 2 is 2.00 bits per heavy atom. The summed E-state index contributed by atoms with van der Waals surface area (Å²) in [5.41, 5.74) is 0. The molecule has 2 aliphatic rings. The highest BCUT2D eigenvalue weighted by Crippen LogP contribution is 2.13. The zero-order chi connectivity index (χ0) is 15.4. The molecule has 0 bridgehead atoms. The minimum absolute atomic E-state index is 0.0976. The zero-order valence-corrected chi connectivity index (χ0v) is 12.5. The quantitative estimate of drug-likeness (QED) is 0.814. The van der Waals surface area contributed by atoms with Gasteiger partial charge in [-0.25, -0.2) is 9.78 Å². The smallest absolute Gasteiger partial charge is 0.409 e. The second-order valence-corrected chi connectivity index (χ2v) is 5.41. The molecule has 7 heteroatoms. The van der Waals surface area contributed by atoms with Crippen LogP contribution in [0.1, 0.15) is 6.42 Å². The lowest BCUT2D eigenvalue weighted by atomic mass is 10.2. The van der Waals surface area contributed by atoms with Gasteiger partial charge in [0.1, 0.15) is 12.4 Å². The highest BCUT2D eigenvalue weighted by Gasteiger charge is 2.25. The van der Waals surface area contributed by atoms with Crippen molar-refractivity contribution in [1.82, 2.24) is 14.8 Å². The number of carbonyl (C=O) groups excluding carboxylic acids is 2. The zero-order valence-electron chi connectivity index (χ0n) is 12.5. The molecule has 0 aromatic carbocycles. The van der Waals surface area contributed by atoms with Gasteiger partial charge in [-0.15, -0.1) is 0 Å². The number of aromatic nitrogens is 1. The van der Waals surface area contributed by atoms with E-state index in [0.717, 1.165) is 18.9 Å². The Hall–Kier alpha value is -2.31. The number of hydrogen-bond donors (Lipinski definition) is 0. The second kappa shape index (κ2) is 6.64. The van der Waals surface area contributed by atoms with Gasteiger partial charge < -0.3 is 19.4 Å². The van der Waals surface area contributed by atoms with Crippen molar-refractivity contribution in [2.24, 2.45) is 0 Å². The molecule has 0 radical (unpaired) electrons. The number of ether oxygens (including phenoxy) is 1. The predicted molar refractivity (Wildman–Crippen MR) is 80.6 cm³/mol. The van der Waals surface area contributed by atoms with E-state index in [9.17, 15) is 9.59 Å². The molecule has 0 aliphatic carbocycles. The highest BCUT2D eigenvalue weighted by atomic mass is 16.6. The number of anilines is 1. The maximum atomic E-state index is 12.2. The number of piperazine rings is 1. The average molecular weight is 304 g/mol. The third kappa shape index (κ3) is 3.29. The third-order valence-corrected chi connectivity index (χ3v) is 4.05. The van der Waals surface area contributed by atoms with Gasteiger partial charge in [0.25, 0.3) is 0 Å². The lowest BCUT2D eigenvalue weighted by Gasteiger charge is -2.35. The Morgan fingerprint density at radius 3 is 2.64 bits per heavy atom. The number of cyclic esters (lactones) is 1. The maximum absolute atomic E-state index is 12.2. The number of pyridine rings is 1. The van der Waals surface area contributed by atoms with Gasteiger partial charge in [0, 0.05) is 45.3 Å². The molecule has 1 aromatic heterocycles. The van der Waals surface area contributed by atoms with Crippen molar-refractivity contribution in [1.29, 1.82) is 0 Å². The van der Waals surface area contributed by atoms with E-state index >= 15 is 0 Å². The lowest BCUT2D eigenvalue weighted by molar-refractivity contribution is -0.131. The van der Waals surface area contributed by atoms with Crippen molar-refractivity contribution >= 4 is 17.8 Å². The van der Waals surface area contributed by atoms with Gasteiger partial charge in [-0.3, -0.25) is 4.79 Å². The molecule has 2 fully saturated rings. The fourth-order valence-corrected chi connectivity index (χ4v) is 2.74. The summed E-state index contributed by atoms with van der Waals surface area (Å²) in [6.45, 7) is 4.41. The summed E-state index contributed by atoms with van der Waals surface area (Å²) >= 11 is 0. The van der Waals surface area contributed by atoms with E-state index in [0.29, 0.717) is 39.2 Å². The first-order chi connectivity index (χ1) is 10.7. The number of amides is 2. The van der Waals surface area contributed by atoms with Crippen LogP contribution in [0.3, 0.4) is 0 Å². The molecule has 2 saturated heterocycles.